The Labute approximate surface area is 113 Å². The van der Waals surface area contributed by atoms with Gasteiger partial charge in [-0.25, -0.2) is 4.98 Å². The highest BCUT2D eigenvalue weighted by molar-refractivity contribution is 5.91. The SMILES string of the molecule is O=C(NCc1ccc2c(c1)OCO2)c1cc(=O)[nH]cn1. The lowest BCUT2D eigenvalue weighted by Crippen LogP contribution is -2.25. The van der Waals surface area contributed by atoms with Gasteiger partial charge in [0, 0.05) is 12.6 Å². The van der Waals surface area contributed by atoms with Crippen LogP contribution in [0.5, 0.6) is 11.5 Å². The van der Waals surface area contributed by atoms with Crippen LogP contribution in [0, 0.1) is 0 Å². The summed E-state index contributed by atoms with van der Waals surface area (Å²) in [5.74, 6) is 0.941. The van der Waals surface area contributed by atoms with Gasteiger partial charge in [0.25, 0.3) is 11.5 Å². The standard InChI is InChI=1S/C13H11N3O4/c17-12-4-9(15-6-16-12)13(18)14-5-8-1-2-10-11(3-8)20-7-19-10/h1-4,6H,5,7H2,(H,14,18)(H,15,16,17). The van der Waals surface area contributed by atoms with Crippen LogP contribution in [0.4, 0.5) is 0 Å². The van der Waals surface area contributed by atoms with E-state index in [-0.39, 0.29) is 18.0 Å². The number of nitrogens with zero attached hydrogens (tertiary/aromatic N) is 1. The van der Waals surface area contributed by atoms with E-state index in [4.69, 9.17) is 9.47 Å². The number of carbonyl (C=O) groups is 1. The smallest absolute Gasteiger partial charge is 0.270 e. The fourth-order valence-corrected chi connectivity index (χ4v) is 1.82. The number of nitrogens with one attached hydrogen (secondary N) is 2. The molecule has 1 aliphatic rings. The van der Waals surface area contributed by atoms with Gasteiger partial charge in [0.05, 0.1) is 6.33 Å². The third-order valence-electron chi connectivity index (χ3n) is 2.80. The number of ether oxygens (including phenoxy) is 2. The van der Waals surface area contributed by atoms with Gasteiger partial charge in [0.2, 0.25) is 6.79 Å². The molecule has 102 valence electrons. The molecule has 7 nitrogen and oxygen atoms in total. The number of aromatic nitrogens is 2. The Morgan fingerprint density at radius 1 is 1.30 bits per heavy atom. The van der Waals surface area contributed by atoms with Crippen molar-refractivity contribution in [1.82, 2.24) is 15.3 Å². The zero-order chi connectivity index (χ0) is 13.9. The molecule has 1 aromatic carbocycles. The highest BCUT2D eigenvalue weighted by Gasteiger charge is 2.14. The van der Waals surface area contributed by atoms with Crippen LogP contribution in [-0.4, -0.2) is 22.7 Å². The maximum atomic E-state index is 11.8. The van der Waals surface area contributed by atoms with Crippen LogP contribution in [0.15, 0.2) is 35.4 Å². The molecule has 0 aliphatic carbocycles. The van der Waals surface area contributed by atoms with Gasteiger partial charge >= 0.3 is 0 Å². The maximum Gasteiger partial charge on any atom is 0.270 e. The first kappa shape index (κ1) is 12.2. The van der Waals surface area contributed by atoms with E-state index in [2.05, 4.69) is 15.3 Å². The number of fused-ring (bicyclic) bond motifs is 1. The summed E-state index contributed by atoms with van der Waals surface area (Å²) in [5.41, 5.74) is 0.579. The second-order valence-corrected chi connectivity index (χ2v) is 4.17. The number of rotatable bonds is 3. The highest BCUT2D eigenvalue weighted by Crippen LogP contribution is 2.32. The molecule has 2 heterocycles. The van der Waals surface area contributed by atoms with Crippen LogP contribution in [0.25, 0.3) is 0 Å². The predicted octanol–water partition coefficient (Wildman–Crippen LogP) is 0.429. The second kappa shape index (κ2) is 5.04. The molecule has 0 saturated carbocycles. The van der Waals surface area contributed by atoms with Gasteiger partial charge in [-0.15, -0.1) is 0 Å². The summed E-state index contributed by atoms with van der Waals surface area (Å²) < 4.78 is 10.5. The lowest BCUT2D eigenvalue weighted by atomic mass is 10.2. The van der Waals surface area contributed by atoms with Gasteiger partial charge in [-0.1, -0.05) is 6.07 Å². The van der Waals surface area contributed by atoms with E-state index in [1.54, 1.807) is 12.1 Å². The summed E-state index contributed by atoms with van der Waals surface area (Å²) in [5, 5.41) is 2.68. The Bertz CT molecular complexity index is 711. The van der Waals surface area contributed by atoms with Crippen LogP contribution in [-0.2, 0) is 6.54 Å². The van der Waals surface area contributed by atoms with E-state index in [1.165, 1.54) is 6.33 Å². The summed E-state index contributed by atoms with van der Waals surface area (Å²) in [6.07, 6.45) is 1.19. The van der Waals surface area contributed by atoms with Gasteiger partial charge in [-0.2, -0.15) is 0 Å². The molecule has 1 aliphatic heterocycles. The average molecular weight is 273 g/mol. The molecule has 1 amide bonds. The third-order valence-corrected chi connectivity index (χ3v) is 2.80. The minimum absolute atomic E-state index is 0.0782. The first-order chi connectivity index (χ1) is 9.72. The summed E-state index contributed by atoms with van der Waals surface area (Å²) >= 11 is 0. The van der Waals surface area contributed by atoms with E-state index in [0.717, 1.165) is 11.6 Å². The van der Waals surface area contributed by atoms with Gasteiger partial charge in [-0.3, -0.25) is 9.59 Å². The predicted molar refractivity (Wildman–Crippen MR) is 68.6 cm³/mol. The van der Waals surface area contributed by atoms with Crippen molar-refractivity contribution < 1.29 is 14.3 Å². The molecular formula is C13H11N3O4. The summed E-state index contributed by atoms with van der Waals surface area (Å²) in [7, 11) is 0. The minimum atomic E-state index is -0.409. The zero-order valence-electron chi connectivity index (χ0n) is 10.4. The number of carbonyl (C=O) groups excluding carboxylic acids is 1. The number of aromatic amines is 1. The molecule has 3 rings (SSSR count). The fraction of sp³-hybridized carbons (Fsp3) is 0.154. The number of amides is 1. The molecule has 0 spiro atoms. The third kappa shape index (κ3) is 2.46. The number of benzene rings is 1. The molecule has 1 aromatic heterocycles. The summed E-state index contributed by atoms with van der Waals surface area (Å²) in [6, 6.07) is 6.57. The average Bonchev–Trinajstić information content (AvgIpc) is 2.92. The lowest BCUT2D eigenvalue weighted by Gasteiger charge is -2.05. The fourth-order valence-electron chi connectivity index (χ4n) is 1.82. The summed E-state index contributed by atoms with van der Waals surface area (Å²) in [6.45, 7) is 0.520. The van der Waals surface area contributed by atoms with Crippen LogP contribution >= 0.6 is 0 Å². The largest absolute Gasteiger partial charge is 0.454 e. The van der Waals surface area contributed by atoms with E-state index in [9.17, 15) is 9.59 Å². The highest BCUT2D eigenvalue weighted by atomic mass is 16.7. The Kier molecular flexibility index (Phi) is 3.08. The van der Waals surface area contributed by atoms with E-state index in [0.29, 0.717) is 18.0 Å². The molecule has 0 saturated heterocycles. The van der Waals surface area contributed by atoms with Gasteiger partial charge < -0.3 is 19.8 Å². The van der Waals surface area contributed by atoms with Crippen molar-refractivity contribution in [3.8, 4) is 11.5 Å². The molecule has 0 unspecified atom stereocenters. The first-order valence-electron chi connectivity index (χ1n) is 5.94. The topological polar surface area (TPSA) is 93.3 Å². The monoisotopic (exact) mass is 273 g/mol. The van der Waals surface area contributed by atoms with Crippen molar-refractivity contribution in [2.75, 3.05) is 6.79 Å². The van der Waals surface area contributed by atoms with E-state index >= 15 is 0 Å². The molecular weight excluding hydrogens is 262 g/mol. The second-order valence-electron chi connectivity index (χ2n) is 4.17. The van der Waals surface area contributed by atoms with Crippen molar-refractivity contribution in [2.24, 2.45) is 0 Å². The molecule has 0 atom stereocenters. The maximum absolute atomic E-state index is 11.8. The molecule has 7 heteroatoms. The van der Waals surface area contributed by atoms with Crippen molar-refractivity contribution in [3.63, 3.8) is 0 Å². The lowest BCUT2D eigenvalue weighted by molar-refractivity contribution is 0.0945. The van der Waals surface area contributed by atoms with Gasteiger partial charge in [-0.05, 0) is 17.7 Å². The van der Waals surface area contributed by atoms with Crippen LogP contribution < -0.4 is 20.3 Å². The molecule has 0 radical (unpaired) electrons. The number of hydrogen-bond acceptors (Lipinski definition) is 5. The van der Waals surface area contributed by atoms with E-state index < -0.39 is 5.91 Å². The van der Waals surface area contributed by atoms with E-state index in [1.807, 2.05) is 6.07 Å². The van der Waals surface area contributed by atoms with Crippen molar-refractivity contribution >= 4 is 5.91 Å². The molecule has 2 N–H and O–H groups in total. The molecule has 20 heavy (non-hydrogen) atoms. The molecule has 0 fully saturated rings. The van der Waals surface area contributed by atoms with Crippen LogP contribution in [0.1, 0.15) is 16.1 Å². The molecule has 0 bridgehead atoms. The normalized spacial score (nSPS) is 12.2. The quantitative estimate of drug-likeness (QED) is 0.845. The Hall–Kier alpha value is -2.83. The summed E-state index contributed by atoms with van der Waals surface area (Å²) in [4.78, 5) is 29.1. The Morgan fingerprint density at radius 2 is 2.15 bits per heavy atom. The first-order valence-corrected chi connectivity index (χ1v) is 5.94. The van der Waals surface area contributed by atoms with Crippen molar-refractivity contribution in [2.45, 2.75) is 6.54 Å². The van der Waals surface area contributed by atoms with Crippen LogP contribution in [0.2, 0.25) is 0 Å². The van der Waals surface area contributed by atoms with Crippen molar-refractivity contribution in [1.29, 1.82) is 0 Å². The van der Waals surface area contributed by atoms with Crippen molar-refractivity contribution in [3.05, 3.63) is 52.2 Å². The van der Waals surface area contributed by atoms with Gasteiger partial charge in [0.1, 0.15) is 5.69 Å². The number of hydrogen-bond donors (Lipinski definition) is 2. The van der Waals surface area contributed by atoms with Crippen LogP contribution in [0.3, 0.4) is 0 Å². The Morgan fingerprint density at radius 3 is 3.00 bits per heavy atom. The molecule has 2 aromatic rings. The minimum Gasteiger partial charge on any atom is -0.454 e. The van der Waals surface area contributed by atoms with Gasteiger partial charge in [0.15, 0.2) is 11.5 Å². The zero-order valence-corrected chi connectivity index (χ0v) is 10.4. The Balaban J connectivity index is 1.67. The number of H-pyrrole nitrogens is 1.